The maximum absolute atomic E-state index is 13.3. The molecule has 1 heterocycles. The van der Waals surface area contributed by atoms with E-state index in [0.29, 0.717) is 12.0 Å². The normalized spacial score (nSPS) is 16.3. The van der Waals surface area contributed by atoms with E-state index in [2.05, 4.69) is 0 Å². The Kier molecular flexibility index (Phi) is 5.26. The predicted molar refractivity (Wildman–Crippen MR) is 95.8 cm³/mol. The van der Waals surface area contributed by atoms with Crippen LogP contribution in [-0.4, -0.2) is 23.4 Å². The van der Waals surface area contributed by atoms with Crippen molar-refractivity contribution in [3.63, 3.8) is 0 Å². The summed E-state index contributed by atoms with van der Waals surface area (Å²) in [6.07, 6.45) is -4.02. The van der Waals surface area contributed by atoms with Crippen LogP contribution < -0.4 is 4.74 Å². The maximum atomic E-state index is 13.3. The van der Waals surface area contributed by atoms with E-state index in [0.717, 1.165) is 35.6 Å². The molecule has 142 valence electrons. The van der Waals surface area contributed by atoms with Gasteiger partial charge < -0.3 is 9.84 Å². The maximum Gasteiger partial charge on any atom is 0.430 e. The molecule has 1 unspecified atom stereocenters. The number of carboxylic acids is 1. The van der Waals surface area contributed by atoms with Crippen molar-refractivity contribution in [3.8, 4) is 5.75 Å². The molecular weight excluding hydrogens is 357 g/mol. The molecule has 0 saturated heterocycles. The lowest BCUT2D eigenvalue weighted by Gasteiger charge is -2.28. The second kappa shape index (κ2) is 7.47. The zero-order valence-corrected chi connectivity index (χ0v) is 14.7. The summed E-state index contributed by atoms with van der Waals surface area (Å²) in [5.41, 5.74) is 2.48. The van der Waals surface area contributed by atoms with Gasteiger partial charge in [-0.25, -0.2) is 4.79 Å². The number of rotatable bonds is 5. The van der Waals surface area contributed by atoms with E-state index >= 15 is 0 Å². The van der Waals surface area contributed by atoms with Gasteiger partial charge in [0.2, 0.25) is 6.10 Å². The minimum absolute atomic E-state index is 0.0631. The second-order valence-corrected chi connectivity index (χ2v) is 6.52. The molecule has 1 aliphatic heterocycles. The number of hydrogen-bond acceptors (Lipinski definition) is 2. The van der Waals surface area contributed by atoms with Gasteiger partial charge in [-0.2, -0.15) is 13.2 Å². The zero-order valence-electron chi connectivity index (χ0n) is 14.7. The smallest absolute Gasteiger partial charge is 0.430 e. The quantitative estimate of drug-likeness (QED) is 0.797. The monoisotopic (exact) mass is 376 g/mol. The minimum Gasteiger partial charge on any atom is -0.478 e. The zero-order chi connectivity index (χ0) is 19.6. The Morgan fingerprint density at radius 3 is 2.44 bits per heavy atom. The Bertz CT molecular complexity index is 870. The summed E-state index contributed by atoms with van der Waals surface area (Å²) in [6.45, 7) is 2.01. The van der Waals surface area contributed by atoms with Crippen LogP contribution in [0.25, 0.3) is 6.08 Å². The molecule has 27 heavy (non-hydrogen) atoms. The lowest BCUT2D eigenvalue weighted by molar-refractivity contribution is -0.187. The molecule has 3 nitrogen and oxygen atoms in total. The molecule has 0 fully saturated rings. The van der Waals surface area contributed by atoms with Gasteiger partial charge >= 0.3 is 12.1 Å². The third-order valence-corrected chi connectivity index (χ3v) is 4.47. The summed E-state index contributed by atoms with van der Waals surface area (Å²) in [5, 5.41) is 9.17. The van der Waals surface area contributed by atoms with E-state index in [1.807, 2.05) is 37.3 Å². The first-order valence-electron chi connectivity index (χ1n) is 8.67. The second-order valence-electron chi connectivity index (χ2n) is 6.52. The van der Waals surface area contributed by atoms with Crippen molar-refractivity contribution in [2.45, 2.75) is 38.5 Å². The molecular formula is C21H19F3O3. The van der Waals surface area contributed by atoms with Gasteiger partial charge in [-0.05, 0) is 47.7 Å². The molecule has 1 atom stereocenters. The van der Waals surface area contributed by atoms with Gasteiger partial charge in [-0.1, -0.05) is 43.7 Å². The first kappa shape index (κ1) is 19.0. The van der Waals surface area contributed by atoms with Crippen LogP contribution in [0.1, 0.15) is 35.6 Å². The van der Waals surface area contributed by atoms with E-state index in [1.54, 1.807) is 12.1 Å². The fourth-order valence-electron chi connectivity index (χ4n) is 3.23. The van der Waals surface area contributed by atoms with Crippen molar-refractivity contribution in [1.29, 1.82) is 0 Å². The predicted octanol–water partition coefficient (Wildman–Crippen LogP) is 5.02. The highest BCUT2D eigenvalue weighted by Crippen LogP contribution is 2.39. The number of hydrogen-bond donors (Lipinski definition) is 1. The molecule has 0 aromatic heterocycles. The molecule has 2 aromatic rings. The number of alkyl halides is 3. The van der Waals surface area contributed by atoms with Gasteiger partial charge in [-0.3, -0.25) is 0 Å². The van der Waals surface area contributed by atoms with Crippen LogP contribution in [0.15, 0.2) is 48.0 Å². The van der Waals surface area contributed by atoms with Crippen molar-refractivity contribution in [3.05, 3.63) is 70.3 Å². The summed E-state index contributed by atoms with van der Waals surface area (Å²) < 4.78 is 44.9. The minimum atomic E-state index is -4.80. The number of halogens is 3. The topological polar surface area (TPSA) is 46.5 Å². The molecule has 0 amide bonds. The molecule has 0 saturated carbocycles. The number of benzene rings is 2. The molecule has 0 radical (unpaired) electrons. The standard InChI is InChI=1S/C21H19F3O3/c1-2-6-14-10-16-11-17(20(25)26)19(21(22,23)24)27-18(16)12-15(14)9-13-7-4-3-5-8-13/h3-5,7-8,10-12,19H,2,6,9H2,1H3,(H,25,26). The Morgan fingerprint density at radius 1 is 1.15 bits per heavy atom. The lowest BCUT2D eigenvalue weighted by Crippen LogP contribution is -2.40. The first-order valence-corrected chi connectivity index (χ1v) is 8.67. The Labute approximate surface area is 155 Å². The highest BCUT2D eigenvalue weighted by atomic mass is 19.4. The van der Waals surface area contributed by atoms with E-state index < -0.39 is 23.8 Å². The number of carbonyl (C=O) groups is 1. The van der Waals surface area contributed by atoms with Crippen molar-refractivity contribution < 1.29 is 27.8 Å². The SMILES string of the molecule is CCCc1cc2c(cc1Cc1ccccc1)OC(C(F)(F)F)C(C(=O)O)=C2. The van der Waals surface area contributed by atoms with E-state index in [-0.39, 0.29) is 5.75 Å². The van der Waals surface area contributed by atoms with Crippen LogP contribution in [0.5, 0.6) is 5.75 Å². The fraction of sp³-hybridized carbons (Fsp3) is 0.286. The van der Waals surface area contributed by atoms with Gasteiger partial charge in [0.25, 0.3) is 0 Å². The van der Waals surface area contributed by atoms with Gasteiger partial charge in [0, 0.05) is 5.56 Å². The number of ether oxygens (including phenoxy) is 1. The van der Waals surface area contributed by atoms with Crippen molar-refractivity contribution in [2.75, 3.05) is 0 Å². The van der Waals surface area contributed by atoms with Crippen LogP contribution in [0.2, 0.25) is 0 Å². The highest BCUT2D eigenvalue weighted by molar-refractivity contribution is 5.95. The average molecular weight is 376 g/mol. The molecule has 3 rings (SSSR count). The Hall–Kier alpha value is -2.76. The number of carboxylic acid groups (broad SMARTS) is 1. The van der Waals surface area contributed by atoms with Crippen LogP contribution in [0.3, 0.4) is 0 Å². The molecule has 0 aliphatic carbocycles. The molecule has 0 spiro atoms. The molecule has 2 aromatic carbocycles. The molecule has 6 heteroatoms. The Balaban J connectivity index is 2.06. The van der Waals surface area contributed by atoms with Crippen LogP contribution in [0.4, 0.5) is 13.2 Å². The van der Waals surface area contributed by atoms with Crippen molar-refractivity contribution >= 4 is 12.0 Å². The van der Waals surface area contributed by atoms with E-state index in [4.69, 9.17) is 4.74 Å². The van der Waals surface area contributed by atoms with E-state index in [1.165, 1.54) is 0 Å². The highest BCUT2D eigenvalue weighted by Gasteiger charge is 2.48. The largest absolute Gasteiger partial charge is 0.478 e. The summed E-state index contributed by atoms with van der Waals surface area (Å²) in [7, 11) is 0. The third-order valence-electron chi connectivity index (χ3n) is 4.47. The summed E-state index contributed by atoms with van der Waals surface area (Å²) in [5.74, 6) is -1.57. The molecule has 1 N–H and O–H groups in total. The third kappa shape index (κ3) is 4.15. The summed E-state index contributed by atoms with van der Waals surface area (Å²) in [4.78, 5) is 11.3. The average Bonchev–Trinajstić information content (AvgIpc) is 2.61. The van der Waals surface area contributed by atoms with Crippen molar-refractivity contribution in [1.82, 2.24) is 0 Å². The first-order chi connectivity index (χ1) is 12.8. The van der Waals surface area contributed by atoms with Gasteiger partial charge in [-0.15, -0.1) is 0 Å². The van der Waals surface area contributed by atoms with Crippen molar-refractivity contribution in [2.24, 2.45) is 0 Å². The van der Waals surface area contributed by atoms with E-state index in [9.17, 15) is 23.1 Å². The number of aliphatic carboxylic acids is 1. The van der Waals surface area contributed by atoms with Gasteiger partial charge in [0.05, 0.1) is 5.57 Å². The van der Waals surface area contributed by atoms with Crippen LogP contribution in [0, 0.1) is 0 Å². The Morgan fingerprint density at radius 2 is 1.85 bits per heavy atom. The van der Waals surface area contributed by atoms with Crippen LogP contribution in [-0.2, 0) is 17.6 Å². The lowest BCUT2D eigenvalue weighted by atomic mass is 9.92. The van der Waals surface area contributed by atoms with Gasteiger partial charge in [0.1, 0.15) is 5.75 Å². The summed E-state index contributed by atoms with van der Waals surface area (Å²) in [6, 6.07) is 13.0. The van der Waals surface area contributed by atoms with Gasteiger partial charge in [0.15, 0.2) is 0 Å². The molecule has 0 bridgehead atoms. The summed E-state index contributed by atoms with van der Waals surface area (Å²) >= 11 is 0. The number of aryl methyl sites for hydroxylation is 1. The van der Waals surface area contributed by atoms with Crippen LogP contribution >= 0.6 is 0 Å². The number of fused-ring (bicyclic) bond motifs is 1. The molecule has 1 aliphatic rings. The fourth-order valence-corrected chi connectivity index (χ4v) is 3.23.